The fraction of sp³-hybridized carbons (Fsp3) is 0.231. The van der Waals surface area contributed by atoms with E-state index < -0.39 is 5.97 Å². The Balaban J connectivity index is 2.05. The first kappa shape index (κ1) is 14.5. The number of thiophene rings is 2. The topological polar surface area (TPSA) is 69.6 Å². The minimum atomic E-state index is -1.04. The Kier molecular flexibility index (Phi) is 4.75. The zero-order chi connectivity index (χ0) is 14.5. The fourth-order valence-electron chi connectivity index (χ4n) is 1.67. The van der Waals surface area contributed by atoms with E-state index in [-0.39, 0.29) is 11.6 Å². The van der Waals surface area contributed by atoms with E-state index in [4.69, 9.17) is 5.11 Å². The van der Waals surface area contributed by atoms with Crippen LogP contribution < -0.4 is 5.32 Å². The first-order valence-electron chi connectivity index (χ1n) is 6.01. The zero-order valence-electron chi connectivity index (χ0n) is 10.8. The molecule has 2 amide bonds. The Morgan fingerprint density at radius 2 is 2.10 bits per heavy atom. The SMILES string of the molecule is CCN(Cc1cccs1)C(=O)Nc1sccc1C(=O)O. The summed E-state index contributed by atoms with van der Waals surface area (Å²) in [4.78, 5) is 25.9. The maximum absolute atomic E-state index is 12.2. The predicted octanol–water partition coefficient (Wildman–Crippen LogP) is 3.56. The van der Waals surface area contributed by atoms with Crippen molar-refractivity contribution in [3.8, 4) is 0 Å². The second kappa shape index (κ2) is 6.53. The van der Waals surface area contributed by atoms with Crippen LogP contribution >= 0.6 is 22.7 Å². The summed E-state index contributed by atoms with van der Waals surface area (Å²) < 4.78 is 0. The molecule has 2 rings (SSSR count). The molecule has 0 unspecified atom stereocenters. The molecule has 0 aromatic carbocycles. The van der Waals surface area contributed by atoms with Crippen molar-refractivity contribution in [3.63, 3.8) is 0 Å². The number of nitrogens with one attached hydrogen (secondary N) is 1. The summed E-state index contributed by atoms with van der Waals surface area (Å²) in [6.07, 6.45) is 0. The van der Waals surface area contributed by atoms with Gasteiger partial charge in [-0.25, -0.2) is 9.59 Å². The molecule has 2 aromatic rings. The van der Waals surface area contributed by atoms with E-state index in [1.807, 2.05) is 24.4 Å². The van der Waals surface area contributed by atoms with E-state index in [1.54, 1.807) is 21.6 Å². The van der Waals surface area contributed by atoms with Crippen molar-refractivity contribution in [2.75, 3.05) is 11.9 Å². The lowest BCUT2D eigenvalue weighted by molar-refractivity contribution is 0.0698. The molecule has 7 heteroatoms. The van der Waals surface area contributed by atoms with Gasteiger partial charge >= 0.3 is 12.0 Å². The molecule has 0 spiro atoms. The minimum absolute atomic E-state index is 0.121. The van der Waals surface area contributed by atoms with Crippen LogP contribution in [0.2, 0.25) is 0 Å². The van der Waals surface area contributed by atoms with E-state index in [0.717, 1.165) is 4.88 Å². The number of hydrogen-bond acceptors (Lipinski definition) is 4. The standard InChI is InChI=1S/C13H14N2O3S2/c1-2-15(8-9-4-3-6-19-9)13(18)14-11-10(12(16)17)5-7-20-11/h3-7H,2,8H2,1H3,(H,14,18)(H,16,17). The van der Waals surface area contributed by atoms with Crippen molar-refractivity contribution in [3.05, 3.63) is 39.4 Å². The molecule has 0 fully saturated rings. The summed E-state index contributed by atoms with van der Waals surface area (Å²) in [5, 5.41) is 15.7. The van der Waals surface area contributed by atoms with Gasteiger partial charge in [0.1, 0.15) is 5.00 Å². The van der Waals surface area contributed by atoms with Gasteiger partial charge in [-0.15, -0.1) is 22.7 Å². The van der Waals surface area contributed by atoms with Crippen molar-refractivity contribution in [1.29, 1.82) is 0 Å². The van der Waals surface area contributed by atoms with Crippen LogP contribution in [0.15, 0.2) is 29.0 Å². The molecular formula is C13H14N2O3S2. The van der Waals surface area contributed by atoms with E-state index in [1.165, 1.54) is 17.4 Å². The lowest BCUT2D eigenvalue weighted by Gasteiger charge is -2.20. The van der Waals surface area contributed by atoms with Crippen LogP contribution in [0.25, 0.3) is 0 Å². The summed E-state index contributed by atoms with van der Waals surface area (Å²) in [6, 6.07) is 5.10. The van der Waals surface area contributed by atoms with Crippen LogP contribution in [0.5, 0.6) is 0 Å². The maximum atomic E-state index is 12.2. The molecule has 0 aliphatic carbocycles. The molecule has 0 bridgehead atoms. The number of aromatic carboxylic acids is 1. The highest BCUT2D eigenvalue weighted by Crippen LogP contribution is 2.24. The van der Waals surface area contributed by atoms with Gasteiger partial charge in [0.05, 0.1) is 12.1 Å². The van der Waals surface area contributed by atoms with Crippen LogP contribution in [0.3, 0.4) is 0 Å². The molecule has 0 radical (unpaired) electrons. The van der Waals surface area contributed by atoms with Crippen molar-refractivity contribution >= 4 is 39.7 Å². The van der Waals surface area contributed by atoms with Crippen LogP contribution in [-0.2, 0) is 6.54 Å². The second-order valence-electron chi connectivity index (χ2n) is 3.99. The van der Waals surface area contributed by atoms with Crippen LogP contribution in [0.1, 0.15) is 22.2 Å². The number of rotatable bonds is 5. The van der Waals surface area contributed by atoms with Gasteiger partial charge in [0, 0.05) is 11.4 Å². The van der Waals surface area contributed by atoms with E-state index in [9.17, 15) is 9.59 Å². The molecule has 0 aliphatic rings. The highest BCUT2D eigenvalue weighted by Gasteiger charge is 2.17. The Labute approximate surface area is 124 Å². The number of carbonyl (C=O) groups excluding carboxylic acids is 1. The van der Waals surface area contributed by atoms with Crippen molar-refractivity contribution in [2.24, 2.45) is 0 Å². The number of carboxylic acids is 1. The number of carbonyl (C=O) groups is 2. The summed E-state index contributed by atoms with van der Waals surface area (Å²) in [5.74, 6) is -1.04. The van der Waals surface area contributed by atoms with Gasteiger partial charge in [0.2, 0.25) is 0 Å². The third-order valence-electron chi connectivity index (χ3n) is 2.71. The average Bonchev–Trinajstić information content (AvgIpc) is 3.06. The number of amides is 2. The second-order valence-corrected chi connectivity index (χ2v) is 5.94. The Morgan fingerprint density at radius 3 is 2.70 bits per heavy atom. The van der Waals surface area contributed by atoms with Gasteiger partial charge in [0.25, 0.3) is 0 Å². The molecular weight excluding hydrogens is 296 g/mol. The average molecular weight is 310 g/mol. The first-order chi connectivity index (χ1) is 9.61. The smallest absolute Gasteiger partial charge is 0.338 e. The molecule has 20 heavy (non-hydrogen) atoms. The molecule has 106 valence electrons. The van der Waals surface area contributed by atoms with Gasteiger partial charge in [-0.3, -0.25) is 5.32 Å². The third-order valence-corrected chi connectivity index (χ3v) is 4.40. The predicted molar refractivity (Wildman–Crippen MR) is 80.7 cm³/mol. The van der Waals surface area contributed by atoms with Crippen molar-refractivity contribution in [2.45, 2.75) is 13.5 Å². The normalized spacial score (nSPS) is 10.2. The number of urea groups is 1. The Bertz CT molecular complexity index is 593. The molecule has 2 heterocycles. The Morgan fingerprint density at radius 1 is 1.30 bits per heavy atom. The summed E-state index contributed by atoms with van der Waals surface area (Å²) in [7, 11) is 0. The highest BCUT2D eigenvalue weighted by atomic mass is 32.1. The van der Waals surface area contributed by atoms with Gasteiger partial charge in [-0.2, -0.15) is 0 Å². The number of carboxylic acid groups (broad SMARTS) is 1. The molecule has 5 nitrogen and oxygen atoms in total. The summed E-state index contributed by atoms with van der Waals surface area (Å²) in [6.45, 7) is 2.96. The molecule has 2 aromatic heterocycles. The van der Waals surface area contributed by atoms with Gasteiger partial charge < -0.3 is 10.0 Å². The maximum Gasteiger partial charge on any atom is 0.338 e. The van der Waals surface area contributed by atoms with Crippen LogP contribution in [0, 0.1) is 0 Å². The molecule has 0 saturated carbocycles. The van der Waals surface area contributed by atoms with Crippen molar-refractivity contribution < 1.29 is 14.7 Å². The third kappa shape index (κ3) is 3.37. The van der Waals surface area contributed by atoms with E-state index in [2.05, 4.69) is 5.32 Å². The van der Waals surface area contributed by atoms with Crippen LogP contribution in [0.4, 0.5) is 9.80 Å². The number of nitrogens with zero attached hydrogens (tertiary/aromatic N) is 1. The van der Waals surface area contributed by atoms with E-state index >= 15 is 0 Å². The monoisotopic (exact) mass is 310 g/mol. The minimum Gasteiger partial charge on any atom is -0.478 e. The lowest BCUT2D eigenvalue weighted by Crippen LogP contribution is -2.34. The largest absolute Gasteiger partial charge is 0.478 e. The molecule has 2 N–H and O–H groups in total. The Hall–Kier alpha value is -1.86. The first-order valence-corrected chi connectivity index (χ1v) is 7.76. The molecule has 0 aliphatic heterocycles. The van der Waals surface area contributed by atoms with Gasteiger partial charge in [-0.05, 0) is 29.8 Å². The van der Waals surface area contributed by atoms with Gasteiger partial charge in [0.15, 0.2) is 0 Å². The molecule has 0 atom stereocenters. The quantitative estimate of drug-likeness (QED) is 0.887. The number of anilines is 1. The molecule has 0 saturated heterocycles. The lowest BCUT2D eigenvalue weighted by atomic mass is 10.3. The van der Waals surface area contributed by atoms with Crippen molar-refractivity contribution in [1.82, 2.24) is 4.90 Å². The zero-order valence-corrected chi connectivity index (χ0v) is 12.5. The van der Waals surface area contributed by atoms with E-state index in [0.29, 0.717) is 18.1 Å². The van der Waals surface area contributed by atoms with Gasteiger partial charge in [-0.1, -0.05) is 6.07 Å². The highest BCUT2D eigenvalue weighted by molar-refractivity contribution is 7.14. The number of hydrogen-bond donors (Lipinski definition) is 2. The summed E-state index contributed by atoms with van der Waals surface area (Å²) >= 11 is 2.79. The summed E-state index contributed by atoms with van der Waals surface area (Å²) in [5.41, 5.74) is 0.121. The van der Waals surface area contributed by atoms with Crippen LogP contribution in [-0.4, -0.2) is 28.6 Å². The fourth-order valence-corrected chi connectivity index (χ4v) is 3.16.